The summed E-state index contributed by atoms with van der Waals surface area (Å²) in [5.74, 6) is 2.00. The molecule has 0 unspecified atom stereocenters. The third kappa shape index (κ3) is 2.91. The molecule has 2 nitrogen and oxygen atoms in total. The molecule has 88 valence electrons. The number of hydrogen-bond donors (Lipinski definition) is 1. The molecule has 0 bridgehead atoms. The summed E-state index contributed by atoms with van der Waals surface area (Å²) < 4.78 is 5.78. The lowest BCUT2D eigenvalue weighted by Gasteiger charge is -2.12. The van der Waals surface area contributed by atoms with Crippen molar-refractivity contribution in [1.29, 1.82) is 0 Å². The summed E-state index contributed by atoms with van der Waals surface area (Å²) in [6.45, 7) is 2.97. The summed E-state index contributed by atoms with van der Waals surface area (Å²) >= 11 is 0. The summed E-state index contributed by atoms with van der Waals surface area (Å²) in [6.07, 6.45) is 5.73. The fraction of sp³-hybridized carbons (Fsp3) is 0.571. The molecule has 1 fully saturated rings. The van der Waals surface area contributed by atoms with Crippen LogP contribution < -0.4 is 4.74 Å². The minimum atomic E-state index is 0.377. The summed E-state index contributed by atoms with van der Waals surface area (Å²) in [5.41, 5.74) is 0.977. The number of benzene rings is 1. The molecule has 0 amide bonds. The average molecular weight is 220 g/mol. The fourth-order valence-corrected chi connectivity index (χ4v) is 1.79. The number of phenols is 1. The third-order valence-corrected chi connectivity index (χ3v) is 3.06. The summed E-state index contributed by atoms with van der Waals surface area (Å²) in [5, 5.41) is 9.82. The van der Waals surface area contributed by atoms with E-state index in [4.69, 9.17) is 4.74 Å². The highest BCUT2D eigenvalue weighted by atomic mass is 16.5. The first-order chi connectivity index (χ1) is 7.81. The van der Waals surface area contributed by atoms with Crippen LogP contribution in [0.15, 0.2) is 18.2 Å². The van der Waals surface area contributed by atoms with Crippen LogP contribution in [-0.2, 0) is 6.42 Å². The maximum Gasteiger partial charge on any atom is 0.126 e. The fourth-order valence-electron chi connectivity index (χ4n) is 1.79. The molecule has 1 saturated carbocycles. The molecule has 0 atom stereocenters. The number of hydrogen-bond acceptors (Lipinski definition) is 2. The zero-order valence-corrected chi connectivity index (χ0v) is 9.91. The van der Waals surface area contributed by atoms with Crippen LogP contribution in [0.5, 0.6) is 11.5 Å². The molecule has 0 saturated heterocycles. The number of aromatic hydroxyl groups is 1. The Labute approximate surface area is 97.3 Å². The van der Waals surface area contributed by atoms with Gasteiger partial charge in [0.25, 0.3) is 0 Å². The summed E-state index contributed by atoms with van der Waals surface area (Å²) in [4.78, 5) is 0. The molecule has 0 spiro atoms. The molecule has 1 aliphatic carbocycles. The largest absolute Gasteiger partial charge is 0.508 e. The number of unbranched alkanes of at least 4 members (excludes halogenated alkanes) is 1. The van der Waals surface area contributed by atoms with Gasteiger partial charge >= 0.3 is 0 Å². The minimum absolute atomic E-state index is 0.377. The number of ether oxygens (including phenoxy) is 1. The van der Waals surface area contributed by atoms with E-state index in [1.807, 2.05) is 12.1 Å². The monoisotopic (exact) mass is 220 g/mol. The second kappa shape index (κ2) is 5.24. The topological polar surface area (TPSA) is 29.5 Å². The molecule has 1 aliphatic rings. The lowest BCUT2D eigenvalue weighted by atomic mass is 10.1. The van der Waals surface area contributed by atoms with Crippen LogP contribution in [0.4, 0.5) is 0 Å². The maximum atomic E-state index is 9.82. The van der Waals surface area contributed by atoms with E-state index < -0.39 is 0 Å². The first kappa shape index (κ1) is 11.3. The molecule has 16 heavy (non-hydrogen) atoms. The van der Waals surface area contributed by atoms with Crippen molar-refractivity contribution in [2.75, 3.05) is 6.61 Å². The van der Waals surface area contributed by atoms with Crippen LogP contribution >= 0.6 is 0 Å². The standard InChI is InChI=1S/C14H20O2/c1-2-3-5-12-13(15)6-4-7-14(12)16-10-11-8-9-11/h4,6-7,11,15H,2-3,5,8-10H2,1H3. The van der Waals surface area contributed by atoms with Crippen molar-refractivity contribution in [3.05, 3.63) is 23.8 Å². The Kier molecular flexibility index (Phi) is 3.70. The second-order valence-corrected chi connectivity index (χ2v) is 4.61. The van der Waals surface area contributed by atoms with E-state index in [2.05, 4.69) is 6.92 Å². The van der Waals surface area contributed by atoms with E-state index in [1.54, 1.807) is 6.07 Å². The Bertz CT molecular complexity index is 343. The van der Waals surface area contributed by atoms with Crippen molar-refractivity contribution in [2.45, 2.75) is 39.0 Å². The Hall–Kier alpha value is -1.18. The van der Waals surface area contributed by atoms with Crippen LogP contribution in [0.3, 0.4) is 0 Å². The smallest absolute Gasteiger partial charge is 0.126 e. The number of rotatable bonds is 6. The van der Waals surface area contributed by atoms with Crippen molar-refractivity contribution >= 4 is 0 Å². The van der Waals surface area contributed by atoms with Gasteiger partial charge in [0, 0.05) is 5.56 Å². The molecule has 2 rings (SSSR count). The van der Waals surface area contributed by atoms with Crippen molar-refractivity contribution in [3.8, 4) is 11.5 Å². The van der Waals surface area contributed by atoms with Crippen molar-refractivity contribution in [1.82, 2.24) is 0 Å². The average Bonchev–Trinajstić information content (AvgIpc) is 3.09. The molecule has 1 aromatic rings. The quantitative estimate of drug-likeness (QED) is 0.794. The van der Waals surface area contributed by atoms with Gasteiger partial charge in [0.2, 0.25) is 0 Å². The lowest BCUT2D eigenvalue weighted by Crippen LogP contribution is -2.02. The van der Waals surface area contributed by atoms with E-state index in [0.717, 1.165) is 43.1 Å². The SMILES string of the molecule is CCCCc1c(O)cccc1OCC1CC1. The van der Waals surface area contributed by atoms with E-state index in [9.17, 15) is 5.11 Å². The van der Waals surface area contributed by atoms with Crippen LogP contribution in [-0.4, -0.2) is 11.7 Å². The van der Waals surface area contributed by atoms with Gasteiger partial charge in [-0.15, -0.1) is 0 Å². The number of phenolic OH excluding ortho intramolecular Hbond substituents is 1. The Morgan fingerprint density at radius 3 is 2.88 bits per heavy atom. The van der Waals surface area contributed by atoms with E-state index in [1.165, 1.54) is 12.8 Å². The van der Waals surface area contributed by atoms with Crippen LogP contribution in [0.1, 0.15) is 38.2 Å². The second-order valence-electron chi connectivity index (χ2n) is 4.61. The lowest BCUT2D eigenvalue weighted by molar-refractivity contribution is 0.294. The van der Waals surface area contributed by atoms with Crippen molar-refractivity contribution in [2.24, 2.45) is 5.92 Å². The minimum Gasteiger partial charge on any atom is -0.508 e. The first-order valence-corrected chi connectivity index (χ1v) is 6.25. The molecule has 0 aromatic heterocycles. The van der Waals surface area contributed by atoms with Crippen molar-refractivity contribution in [3.63, 3.8) is 0 Å². The normalized spacial score (nSPS) is 15.1. The Morgan fingerprint density at radius 1 is 1.38 bits per heavy atom. The van der Waals surface area contributed by atoms with Gasteiger partial charge in [0.1, 0.15) is 11.5 Å². The van der Waals surface area contributed by atoms with Gasteiger partial charge in [-0.2, -0.15) is 0 Å². The molecule has 1 aromatic carbocycles. The highest BCUT2D eigenvalue weighted by Gasteiger charge is 2.22. The third-order valence-electron chi connectivity index (χ3n) is 3.06. The van der Waals surface area contributed by atoms with E-state index in [-0.39, 0.29) is 0 Å². The molecule has 0 radical (unpaired) electrons. The Balaban J connectivity index is 2.04. The van der Waals surface area contributed by atoms with E-state index in [0.29, 0.717) is 5.75 Å². The first-order valence-electron chi connectivity index (χ1n) is 6.25. The molecular weight excluding hydrogens is 200 g/mol. The van der Waals surface area contributed by atoms with Gasteiger partial charge in [-0.25, -0.2) is 0 Å². The molecule has 1 N–H and O–H groups in total. The van der Waals surface area contributed by atoms with Gasteiger partial charge < -0.3 is 9.84 Å². The molecular formula is C14H20O2. The predicted molar refractivity (Wildman–Crippen MR) is 64.9 cm³/mol. The molecule has 0 heterocycles. The predicted octanol–water partition coefficient (Wildman–Crippen LogP) is 3.52. The Morgan fingerprint density at radius 2 is 2.19 bits per heavy atom. The highest BCUT2D eigenvalue weighted by molar-refractivity contribution is 5.44. The van der Waals surface area contributed by atoms with Gasteiger partial charge in [-0.1, -0.05) is 19.4 Å². The highest BCUT2D eigenvalue weighted by Crippen LogP contribution is 2.33. The van der Waals surface area contributed by atoms with Crippen LogP contribution in [0, 0.1) is 5.92 Å². The van der Waals surface area contributed by atoms with Crippen LogP contribution in [0.25, 0.3) is 0 Å². The zero-order chi connectivity index (χ0) is 11.4. The van der Waals surface area contributed by atoms with Gasteiger partial charge in [-0.3, -0.25) is 0 Å². The van der Waals surface area contributed by atoms with Gasteiger partial charge in [0.15, 0.2) is 0 Å². The van der Waals surface area contributed by atoms with Gasteiger partial charge in [-0.05, 0) is 43.7 Å². The van der Waals surface area contributed by atoms with E-state index >= 15 is 0 Å². The van der Waals surface area contributed by atoms with Crippen LogP contribution in [0.2, 0.25) is 0 Å². The van der Waals surface area contributed by atoms with Gasteiger partial charge in [0.05, 0.1) is 6.61 Å². The summed E-state index contributed by atoms with van der Waals surface area (Å²) in [6, 6.07) is 5.56. The summed E-state index contributed by atoms with van der Waals surface area (Å²) in [7, 11) is 0. The zero-order valence-electron chi connectivity index (χ0n) is 9.91. The molecule has 2 heteroatoms. The van der Waals surface area contributed by atoms with Crippen molar-refractivity contribution < 1.29 is 9.84 Å². The molecule has 0 aliphatic heterocycles. The maximum absolute atomic E-state index is 9.82.